The molecular weight excluding hydrogens is 337 g/mol. The van der Waals surface area contributed by atoms with Gasteiger partial charge in [0, 0.05) is 5.38 Å². The molecule has 0 unspecified atom stereocenters. The van der Waals surface area contributed by atoms with E-state index in [2.05, 4.69) is 21.1 Å². The number of alkyl halides is 2. The van der Waals surface area contributed by atoms with E-state index in [-0.39, 0.29) is 29.1 Å². The highest BCUT2D eigenvalue weighted by Crippen LogP contribution is 2.25. The van der Waals surface area contributed by atoms with Crippen LogP contribution in [0.5, 0.6) is 0 Å². The van der Waals surface area contributed by atoms with Gasteiger partial charge in [0.1, 0.15) is 6.10 Å². The van der Waals surface area contributed by atoms with Crippen molar-refractivity contribution in [3.63, 3.8) is 0 Å². The van der Waals surface area contributed by atoms with Crippen molar-refractivity contribution in [2.24, 2.45) is 5.16 Å². The molecule has 108 valence electrons. The molecule has 19 heavy (non-hydrogen) atoms. The predicted molar refractivity (Wildman–Crippen MR) is 75.9 cm³/mol. The summed E-state index contributed by atoms with van der Waals surface area (Å²) in [4.78, 5) is 28.4. The number of hydrogen-bond donors (Lipinski definition) is 0. The van der Waals surface area contributed by atoms with E-state index in [0.717, 1.165) is 25.7 Å². The van der Waals surface area contributed by atoms with Crippen LogP contribution in [0.15, 0.2) is 5.16 Å². The molecule has 1 aliphatic carbocycles. The normalized spacial score (nSPS) is 23.8. The minimum Gasteiger partial charge on any atom is -0.461 e. The highest BCUT2D eigenvalue weighted by molar-refractivity contribution is 9.09. The van der Waals surface area contributed by atoms with E-state index in [4.69, 9.17) is 21.2 Å². The van der Waals surface area contributed by atoms with Crippen LogP contribution in [0.4, 0.5) is 0 Å². The van der Waals surface area contributed by atoms with Gasteiger partial charge in [-0.3, -0.25) is 4.79 Å². The second-order valence-corrected chi connectivity index (χ2v) is 5.37. The molecule has 0 aromatic heterocycles. The van der Waals surface area contributed by atoms with Crippen molar-refractivity contribution < 1.29 is 19.2 Å². The predicted octanol–water partition coefficient (Wildman–Crippen LogP) is 2.44. The molecule has 1 saturated carbocycles. The van der Waals surface area contributed by atoms with E-state index in [1.165, 1.54) is 0 Å². The third kappa shape index (κ3) is 5.48. The zero-order valence-corrected chi connectivity index (χ0v) is 13.1. The van der Waals surface area contributed by atoms with Gasteiger partial charge in [0.25, 0.3) is 0 Å². The van der Waals surface area contributed by atoms with Crippen molar-refractivity contribution in [3.05, 3.63) is 0 Å². The fraction of sp³-hybridized carbons (Fsp3) is 0.750. The molecule has 0 aliphatic heterocycles. The van der Waals surface area contributed by atoms with Crippen LogP contribution in [0.3, 0.4) is 0 Å². The Morgan fingerprint density at radius 3 is 2.47 bits per heavy atom. The van der Waals surface area contributed by atoms with Gasteiger partial charge in [-0.25, -0.2) is 4.79 Å². The smallest absolute Gasteiger partial charge is 0.364 e. The maximum absolute atomic E-state index is 11.6. The standard InChI is InChI=1S/C12H17BrClNO4/c1-2-18-12(17)11(10(16)7-13)15-19-9-5-3-8(14)4-6-9/h8-9H,2-7H2,1H3/t8-,9-. The number of ether oxygens (including phenoxy) is 1. The van der Waals surface area contributed by atoms with Gasteiger partial charge >= 0.3 is 5.97 Å². The molecule has 0 amide bonds. The Morgan fingerprint density at radius 2 is 1.95 bits per heavy atom. The summed E-state index contributed by atoms with van der Waals surface area (Å²) in [6.45, 7) is 1.85. The van der Waals surface area contributed by atoms with E-state index < -0.39 is 11.8 Å². The minimum absolute atomic E-state index is 0.00241. The van der Waals surface area contributed by atoms with Crippen molar-refractivity contribution in [1.82, 2.24) is 0 Å². The van der Waals surface area contributed by atoms with Gasteiger partial charge in [-0.1, -0.05) is 21.1 Å². The zero-order valence-electron chi connectivity index (χ0n) is 10.7. The molecule has 5 nitrogen and oxygen atoms in total. The molecule has 0 bridgehead atoms. The first-order chi connectivity index (χ1) is 9.08. The first kappa shape index (κ1) is 16.4. The van der Waals surface area contributed by atoms with Crippen molar-refractivity contribution in [1.29, 1.82) is 0 Å². The van der Waals surface area contributed by atoms with Crippen LogP contribution >= 0.6 is 27.5 Å². The summed E-state index contributed by atoms with van der Waals surface area (Å²) in [5.74, 6) is -1.21. The summed E-state index contributed by atoms with van der Waals surface area (Å²) in [6.07, 6.45) is 3.15. The second kappa shape index (κ2) is 8.53. The quantitative estimate of drug-likeness (QED) is 0.242. The molecule has 0 N–H and O–H groups in total. The lowest BCUT2D eigenvalue weighted by Gasteiger charge is -2.23. The van der Waals surface area contributed by atoms with Crippen LogP contribution in [0.25, 0.3) is 0 Å². The Balaban J connectivity index is 2.61. The maximum atomic E-state index is 11.6. The molecule has 1 aliphatic rings. The number of hydrogen-bond acceptors (Lipinski definition) is 5. The summed E-state index contributed by atoms with van der Waals surface area (Å²) < 4.78 is 4.77. The molecule has 0 atom stereocenters. The highest BCUT2D eigenvalue weighted by Gasteiger charge is 2.24. The van der Waals surface area contributed by atoms with Crippen molar-refractivity contribution >= 4 is 45.0 Å². The Kier molecular flexibility index (Phi) is 7.38. The molecule has 1 rings (SSSR count). The van der Waals surface area contributed by atoms with Crippen LogP contribution in [0.2, 0.25) is 0 Å². The van der Waals surface area contributed by atoms with Gasteiger partial charge in [0.2, 0.25) is 11.5 Å². The second-order valence-electron chi connectivity index (χ2n) is 4.20. The average molecular weight is 355 g/mol. The maximum Gasteiger partial charge on any atom is 0.364 e. The number of Topliss-reactive ketones (excluding diaryl/α,β-unsaturated/α-hetero) is 1. The average Bonchev–Trinajstić information content (AvgIpc) is 2.41. The van der Waals surface area contributed by atoms with Crippen molar-refractivity contribution in [2.75, 3.05) is 11.9 Å². The first-order valence-corrected chi connectivity index (χ1v) is 7.78. The number of carbonyl (C=O) groups is 2. The molecule has 0 heterocycles. The Bertz CT molecular complexity index is 354. The van der Waals surface area contributed by atoms with Gasteiger partial charge in [-0.05, 0) is 32.6 Å². The lowest BCUT2D eigenvalue weighted by molar-refractivity contribution is -0.136. The fourth-order valence-electron chi connectivity index (χ4n) is 1.72. The molecule has 1 fully saturated rings. The topological polar surface area (TPSA) is 65.0 Å². The lowest BCUT2D eigenvalue weighted by atomic mass is 9.97. The van der Waals surface area contributed by atoms with Crippen molar-refractivity contribution in [2.45, 2.75) is 44.1 Å². The molecule has 0 saturated heterocycles. The zero-order chi connectivity index (χ0) is 14.3. The molecule has 7 heteroatoms. The molecule has 0 radical (unpaired) electrons. The summed E-state index contributed by atoms with van der Waals surface area (Å²) in [5.41, 5.74) is -0.299. The monoisotopic (exact) mass is 353 g/mol. The van der Waals surface area contributed by atoms with Crippen molar-refractivity contribution in [3.8, 4) is 0 Å². The van der Waals surface area contributed by atoms with Gasteiger partial charge in [0.15, 0.2) is 0 Å². The summed E-state index contributed by atoms with van der Waals surface area (Å²) >= 11 is 8.98. The van der Waals surface area contributed by atoms with E-state index in [0.29, 0.717) is 0 Å². The fourth-order valence-corrected chi connectivity index (χ4v) is 2.24. The van der Waals surface area contributed by atoms with Gasteiger partial charge < -0.3 is 9.57 Å². The van der Waals surface area contributed by atoms with Crippen LogP contribution in [-0.4, -0.2) is 40.9 Å². The van der Waals surface area contributed by atoms with Gasteiger partial charge in [-0.15, -0.1) is 11.6 Å². The number of oxime groups is 1. The van der Waals surface area contributed by atoms with Crippen LogP contribution < -0.4 is 0 Å². The highest BCUT2D eigenvalue weighted by atomic mass is 79.9. The van der Waals surface area contributed by atoms with E-state index >= 15 is 0 Å². The third-order valence-electron chi connectivity index (χ3n) is 2.75. The number of halogens is 2. The summed E-state index contributed by atoms with van der Waals surface area (Å²) in [6, 6.07) is 0. The summed E-state index contributed by atoms with van der Waals surface area (Å²) in [7, 11) is 0. The molecule has 0 spiro atoms. The SMILES string of the molecule is CCOC(=O)C(=NO[C@H]1CC[C@H](Cl)CC1)C(=O)CBr. The van der Waals surface area contributed by atoms with Crippen LogP contribution in [0.1, 0.15) is 32.6 Å². The Labute approximate surface area is 125 Å². The van der Waals surface area contributed by atoms with E-state index in [1.54, 1.807) is 6.92 Å². The van der Waals surface area contributed by atoms with E-state index in [9.17, 15) is 9.59 Å². The number of ketones is 1. The third-order valence-corrected chi connectivity index (χ3v) is 3.70. The van der Waals surface area contributed by atoms with Crippen LogP contribution in [-0.2, 0) is 19.2 Å². The largest absolute Gasteiger partial charge is 0.461 e. The number of nitrogens with zero attached hydrogens (tertiary/aromatic N) is 1. The Hall–Kier alpha value is -0.620. The van der Waals surface area contributed by atoms with Gasteiger partial charge in [-0.2, -0.15) is 0 Å². The summed E-state index contributed by atoms with van der Waals surface area (Å²) in [5, 5.41) is 3.86. The molecule has 0 aromatic rings. The lowest BCUT2D eigenvalue weighted by Crippen LogP contribution is -2.29. The number of esters is 1. The van der Waals surface area contributed by atoms with Crippen LogP contribution in [0, 0.1) is 0 Å². The Morgan fingerprint density at radius 1 is 1.32 bits per heavy atom. The first-order valence-electron chi connectivity index (χ1n) is 6.22. The van der Waals surface area contributed by atoms with Gasteiger partial charge in [0.05, 0.1) is 11.9 Å². The number of rotatable bonds is 6. The number of carbonyl (C=O) groups excluding carboxylic acids is 2. The van der Waals surface area contributed by atoms with E-state index in [1.807, 2.05) is 0 Å². The minimum atomic E-state index is -0.752. The molecular formula is C12H17BrClNO4. The molecule has 0 aromatic carbocycles.